The van der Waals surface area contributed by atoms with Gasteiger partial charge in [0.05, 0.1) is 7.11 Å². The molecule has 3 heteroatoms. The smallest absolute Gasteiger partial charge is 0.213 e. The lowest BCUT2D eigenvalue weighted by atomic mass is 9.84. The van der Waals surface area contributed by atoms with E-state index in [2.05, 4.69) is 54.0 Å². The number of nitrogens with zero attached hydrogens (tertiary/aromatic N) is 1. The third kappa shape index (κ3) is 3.47. The molecule has 32 heavy (non-hydrogen) atoms. The minimum absolute atomic E-state index is 0.683. The van der Waals surface area contributed by atoms with Gasteiger partial charge in [0.25, 0.3) is 0 Å². The minimum Gasteiger partial charge on any atom is -0.497 e. The number of methoxy groups -OCH3 is 1. The molecular formula is C29H27NO2. The van der Waals surface area contributed by atoms with Gasteiger partial charge >= 0.3 is 0 Å². The summed E-state index contributed by atoms with van der Waals surface area (Å²) in [7, 11) is 1.70. The molecule has 2 aliphatic heterocycles. The molecule has 2 heterocycles. The molecule has 3 aromatic carbocycles. The van der Waals surface area contributed by atoms with E-state index in [4.69, 9.17) is 9.47 Å². The molecule has 0 aliphatic carbocycles. The Morgan fingerprint density at radius 2 is 1.53 bits per heavy atom. The molecule has 0 N–H and O–H groups in total. The second-order valence-electron chi connectivity index (χ2n) is 8.28. The van der Waals surface area contributed by atoms with Gasteiger partial charge in [-0.05, 0) is 68.3 Å². The molecule has 1 saturated heterocycles. The summed E-state index contributed by atoms with van der Waals surface area (Å²) < 4.78 is 12.3. The van der Waals surface area contributed by atoms with Crippen molar-refractivity contribution in [3.05, 3.63) is 101 Å². The van der Waals surface area contributed by atoms with Crippen LogP contribution in [0.2, 0.25) is 0 Å². The molecule has 0 aromatic heterocycles. The molecule has 3 nitrogen and oxygen atoms in total. The van der Waals surface area contributed by atoms with Crippen LogP contribution in [0.5, 0.6) is 11.5 Å². The first kappa shape index (κ1) is 20.4. The average Bonchev–Trinajstić information content (AvgIpc) is 3.39. The van der Waals surface area contributed by atoms with Gasteiger partial charge < -0.3 is 9.47 Å². The van der Waals surface area contributed by atoms with E-state index in [1.54, 1.807) is 7.11 Å². The van der Waals surface area contributed by atoms with E-state index in [1.165, 1.54) is 12.8 Å². The molecule has 0 saturated carbocycles. The molecule has 160 valence electrons. The Kier molecular flexibility index (Phi) is 5.47. The summed E-state index contributed by atoms with van der Waals surface area (Å²) in [6.45, 7) is 4.16. The van der Waals surface area contributed by atoms with Crippen LogP contribution in [0.25, 0.3) is 5.57 Å². The summed E-state index contributed by atoms with van der Waals surface area (Å²) in [6.07, 6.45) is 2.34. The van der Waals surface area contributed by atoms with Crippen LogP contribution in [-0.2, 0) is 5.72 Å². The zero-order chi connectivity index (χ0) is 22.0. The highest BCUT2D eigenvalue weighted by Gasteiger charge is 2.48. The van der Waals surface area contributed by atoms with Gasteiger partial charge in [-0.1, -0.05) is 42.2 Å². The first-order valence-electron chi connectivity index (χ1n) is 11.2. The van der Waals surface area contributed by atoms with Gasteiger partial charge in [0.2, 0.25) is 5.72 Å². The van der Waals surface area contributed by atoms with Crippen molar-refractivity contribution in [2.24, 2.45) is 0 Å². The van der Waals surface area contributed by atoms with Crippen molar-refractivity contribution in [2.45, 2.75) is 25.5 Å². The summed E-state index contributed by atoms with van der Waals surface area (Å²) in [5.41, 5.74) is 4.65. The van der Waals surface area contributed by atoms with Crippen LogP contribution in [0.1, 0.15) is 36.5 Å². The van der Waals surface area contributed by atoms with Crippen molar-refractivity contribution < 1.29 is 9.47 Å². The monoisotopic (exact) mass is 421 g/mol. The fourth-order valence-electron chi connectivity index (χ4n) is 4.80. The van der Waals surface area contributed by atoms with Crippen molar-refractivity contribution in [1.29, 1.82) is 0 Å². The highest BCUT2D eigenvalue weighted by atomic mass is 16.5. The van der Waals surface area contributed by atoms with E-state index >= 15 is 0 Å². The number of likely N-dealkylation sites (tertiary alicyclic amines) is 1. The molecule has 1 atom stereocenters. The van der Waals surface area contributed by atoms with Gasteiger partial charge in [0, 0.05) is 40.9 Å². The third-order valence-corrected chi connectivity index (χ3v) is 6.44. The van der Waals surface area contributed by atoms with E-state index in [-0.39, 0.29) is 0 Å². The fourth-order valence-corrected chi connectivity index (χ4v) is 4.80. The number of rotatable bonds is 3. The molecule has 5 rings (SSSR count). The van der Waals surface area contributed by atoms with Gasteiger partial charge in [-0.2, -0.15) is 0 Å². The van der Waals surface area contributed by atoms with Crippen LogP contribution in [0, 0.1) is 11.8 Å². The molecule has 0 spiro atoms. The summed E-state index contributed by atoms with van der Waals surface area (Å²) in [4.78, 5) is 2.46. The first-order chi connectivity index (χ1) is 15.7. The van der Waals surface area contributed by atoms with Crippen molar-refractivity contribution in [2.75, 3.05) is 20.2 Å². The second-order valence-corrected chi connectivity index (χ2v) is 8.28. The second kappa shape index (κ2) is 8.57. The van der Waals surface area contributed by atoms with Gasteiger partial charge in [0.1, 0.15) is 11.5 Å². The van der Waals surface area contributed by atoms with E-state index in [0.29, 0.717) is 0 Å². The number of hydrogen-bond donors (Lipinski definition) is 0. The number of hydrogen-bond acceptors (Lipinski definition) is 3. The number of benzene rings is 3. The molecule has 0 radical (unpaired) electrons. The zero-order valence-corrected chi connectivity index (χ0v) is 18.6. The maximum Gasteiger partial charge on any atom is 0.213 e. The quantitative estimate of drug-likeness (QED) is 0.494. The van der Waals surface area contributed by atoms with Gasteiger partial charge in [-0.25, -0.2) is 0 Å². The topological polar surface area (TPSA) is 21.7 Å². The van der Waals surface area contributed by atoms with Crippen molar-refractivity contribution in [1.82, 2.24) is 4.90 Å². The van der Waals surface area contributed by atoms with Gasteiger partial charge in [-0.3, -0.25) is 4.90 Å². The number of fused-ring (bicyclic) bond motifs is 1. The average molecular weight is 422 g/mol. The molecule has 3 aromatic rings. The zero-order valence-electron chi connectivity index (χ0n) is 18.6. The lowest BCUT2D eigenvalue weighted by molar-refractivity contribution is -0.0494. The molecular weight excluding hydrogens is 394 g/mol. The van der Waals surface area contributed by atoms with Crippen LogP contribution in [0.4, 0.5) is 0 Å². The van der Waals surface area contributed by atoms with E-state index in [0.717, 1.165) is 52.4 Å². The maximum atomic E-state index is 6.92. The highest BCUT2D eigenvalue weighted by Crippen LogP contribution is 2.48. The van der Waals surface area contributed by atoms with Gasteiger partial charge in [0.15, 0.2) is 0 Å². The Bertz CT molecular complexity index is 1200. The van der Waals surface area contributed by atoms with Crippen molar-refractivity contribution in [3.8, 4) is 23.3 Å². The Balaban J connectivity index is 1.73. The number of allylic oxidation sites excluding steroid dienone is 1. The normalized spacial score (nSPS) is 20.2. The summed E-state index contributed by atoms with van der Waals surface area (Å²) in [6, 6.07) is 26.7. The molecule has 0 unspecified atom stereocenters. The van der Waals surface area contributed by atoms with Crippen LogP contribution >= 0.6 is 0 Å². The Morgan fingerprint density at radius 1 is 0.844 bits per heavy atom. The van der Waals surface area contributed by atoms with E-state index in [1.807, 2.05) is 48.5 Å². The number of para-hydroxylation sites is 1. The summed E-state index contributed by atoms with van der Waals surface area (Å²) in [5.74, 6) is 8.61. The number of ether oxygens (including phenoxy) is 2. The minimum atomic E-state index is -0.683. The van der Waals surface area contributed by atoms with Gasteiger partial charge in [-0.15, -0.1) is 0 Å². The predicted octanol–water partition coefficient (Wildman–Crippen LogP) is 5.86. The lowest BCUT2D eigenvalue weighted by Gasteiger charge is -2.46. The molecule has 2 aliphatic rings. The highest BCUT2D eigenvalue weighted by molar-refractivity contribution is 5.87. The predicted molar refractivity (Wildman–Crippen MR) is 128 cm³/mol. The Morgan fingerprint density at radius 3 is 2.25 bits per heavy atom. The molecule has 0 amide bonds. The standard InChI is InChI=1S/C29H27NO2/c1-22-26(19-14-23-10-4-3-5-11-23)27-12-6-7-13-28(27)32-29(22,30-20-8-9-21-30)24-15-17-25(31-2)18-16-24/h3-7,10-13,15-18H,8-9,20-21H2,1-2H3/t29-/m1/s1. The van der Waals surface area contributed by atoms with E-state index in [9.17, 15) is 0 Å². The first-order valence-corrected chi connectivity index (χ1v) is 11.2. The van der Waals surface area contributed by atoms with Crippen LogP contribution in [-0.4, -0.2) is 25.1 Å². The van der Waals surface area contributed by atoms with Crippen molar-refractivity contribution in [3.63, 3.8) is 0 Å². The Labute approximate surface area is 190 Å². The SMILES string of the molecule is COc1ccc([C@]2(N3CCCC3)Oc3ccccc3C(C#Cc3ccccc3)=C2C)cc1. The Hall–Kier alpha value is -3.48. The fraction of sp³-hybridized carbons (Fsp3) is 0.241. The van der Waals surface area contributed by atoms with Crippen molar-refractivity contribution >= 4 is 5.57 Å². The molecule has 1 fully saturated rings. The van der Waals surface area contributed by atoms with E-state index < -0.39 is 5.72 Å². The summed E-state index contributed by atoms with van der Waals surface area (Å²) >= 11 is 0. The molecule has 0 bridgehead atoms. The van der Waals surface area contributed by atoms with Crippen LogP contribution < -0.4 is 9.47 Å². The third-order valence-electron chi connectivity index (χ3n) is 6.44. The van der Waals surface area contributed by atoms with Crippen LogP contribution in [0.15, 0.2) is 84.4 Å². The lowest BCUT2D eigenvalue weighted by Crippen LogP contribution is -2.51. The van der Waals surface area contributed by atoms with Crippen LogP contribution in [0.3, 0.4) is 0 Å². The maximum absolute atomic E-state index is 6.92. The largest absolute Gasteiger partial charge is 0.497 e. The summed E-state index contributed by atoms with van der Waals surface area (Å²) in [5, 5.41) is 0.